The van der Waals surface area contributed by atoms with Gasteiger partial charge < -0.3 is 5.32 Å². The number of benzene rings is 2. The number of amides is 1. The Morgan fingerprint density at radius 2 is 1.72 bits per heavy atom. The summed E-state index contributed by atoms with van der Waals surface area (Å²) in [5.41, 5.74) is 7.30. The molecule has 2 aromatic carbocycles. The Labute approximate surface area is 187 Å². The molecule has 164 valence electrons. The van der Waals surface area contributed by atoms with E-state index in [-0.39, 0.29) is 17.8 Å². The first kappa shape index (κ1) is 21.7. The molecule has 0 radical (unpaired) electrons. The van der Waals surface area contributed by atoms with E-state index < -0.39 is 0 Å². The van der Waals surface area contributed by atoms with Crippen LogP contribution in [-0.4, -0.2) is 20.5 Å². The number of nitrogens with zero attached hydrogens (tertiary/aromatic N) is 3. The second kappa shape index (κ2) is 8.91. The van der Waals surface area contributed by atoms with Gasteiger partial charge in [0.1, 0.15) is 5.82 Å². The van der Waals surface area contributed by atoms with Crippen molar-refractivity contribution in [2.24, 2.45) is 0 Å². The van der Waals surface area contributed by atoms with Crippen molar-refractivity contribution in [2.45, 2.75) is 46.6 Å². The molecule has 4 rings (SSSR count). The van der Waals surface area contributed by atoms with Crippen LogP contribution < -0.4 is 5.32 Å². The third-order valence-corrected chi connectivity index (χ3v) is 5.91. The van der Waals surface area contributed by atoms with Crippen LogP contribution in [0.4, 0.5) is 4.39 Å². The number of aromatic nitrogens is 3. The van der Waals surface area contributed by atoms with E-state index in [1.54, 1.807) is 12.1 Å². The zero-order valence-electron chi connectivity index (χ0n) is 18.8. The number of aryl methyl sites for hydroxylation is 3. The minimum Gasteiger partial charge on any atom is -0.350 e. The Morgan fingerprint density at radius 3 is 2.41 bits per heavy atom. The Hall–Kier alpha value is -3.54. The van der Waals surface area contributed by atoms with Crippen molar-refractivity contribution in [1.29, 1.82) is 0 Å². The van der Waals surface area contributed by atoms with Gasteiger partial charge in [-0.2, -0.15) is 5.10 Å². The standard InChI is InChI=1S/C26H27FN4O/c1-16(20-8-6-5-7-9-20)28-24(32)15-14-23-17(2)29-26-25(18(3)30-31(26)19(23)4)21-10-12-22(27)13-11-21/h5-13,16H,14-15H2,1-4H3,(H,28,32). The van der Waals surface area contributed by atoms with Crippen molar-refractivity contribution in [1.82, 2.24) is 19.9 Å². The van der Waals surface area contributed by atoms with E-state index in [1.165, 1.54) is 12.1 Å². The zero-order valence-corrected chi connectivity index (χ0v) is 18.8. The van der Waals surface area contributed by atoms with E-state index in [0.29, 0.717) is 12.8 Å². The predicted octanol–water partition coefficient (Wildman–Crippen LogP) is 5.27. The van der Waals surface area contributed by atoms with Crippen LogP contribution in [0.25, 0.3) is 16.8 Å². The summed E-state index contributed by atoms with van der Waals surface area (Å²) >= 11 is 0. The topological polar surface area (TPSA) is 59.3 Å². The van der Waals surface area contributed by atoms with Crippen LogP contribution in [0, 0.1) is 26.6 Å². The summed E-state index contributed by atoms with van der Waals surface area (Å²) in [7, 11) is 0. The Bertz CT molecular complexity index is 1260. The molecule has 0 spiro atoms. The van der Waals surface area contributed by atoms with Gasteiger partial charge in [0.2, 0.25) is 5.91 Å². The molecule has 5 nitrogen and oxygen atoms in total. The quantitative estimate of drug-likeness (QED) is 0.453. The molecular weight excluding hydrogens is 403 g/mol. The van der Waals surface area contributed by atoms with Gasteiger partial charge in [-0.1, -0.05) is 42.5 Å². The van der Waals surface area contributed by atoms with Gasteiger partial charge in [-0.05, 0) is 62.9 Å². The highest BCUT2D eigenvalue weighted by Gasteiger charge is 2.19. The molecule has 0 aliphatic rings. The third kappa shape index (κ3) is 4.26. The van der Waals surface area contributed by atoms with E-state index in [9.17, 15) is 9.18 Å². The lowest BCUT2D eigenvalue weighted by molar-refractivity contribution is -0.121. The number of hydrogen-bond donors (Lipinski definition) is 1. The lowest BCUT2D eigenvalue weighted by Gasteiger charge is -2.15. The first-order chi connectivity index (χ1) is 15.3. The monoisotopic (exact) mass is 430 g/mol. The number of carbonyl (C=O) groups is 1. The van der Waals surface area contributed by atoms with Gasteiger partial charge in [0.25, 0.3) is 0 Å². The summed E-state index contributed by atoms with van der Waals surface area (Å²) in [5, 5.41) is 7.76. The van der Waals surface area contributed by atoms with Gasteiger partial charge in [0, 0.05) is 23.4 Å². The van der Waals surface area contributed by atoms with Crippen molar-refractivity contribution in [3.05, 3.63) is 88.6 Å². The molecule has 1 unspecified atom stereocenters. The maximum Gasteiger partial charge on any atom is 0.220 e. The summed E-state index contributed by atoms with van der Waals surface area (Å²) in [6.45, 7) is 7.88. The minimum atomic E-state index is -0.273. The summed E-state index contributed by atoms with van der Waals surface area (Å²) in [6, 6.07) is 16.3. The van der Waals surface area contributed by atoms with Gasteiger partial charge in [0.05, 0.1) is 11.7 Å². The number of halogens is 1. The fourth-order valence-corrected chi connectivity index (χ4v) is 4.16. The van der Waals surface area contributed by atoms with Gasteiger partial charge >= 0.3 is 0 Å². The van der Waals surface area contributed by atoms with Gasteiger partial charge in [0.15, 0.2) is 5.65 Å². The third-order valence-electron chi connectivity index (χ3n) is 5.91. The van der Waals surface area contributed by atoms with Crippen molar-refractivity contribution in [3.8, 4) is 11.1 Å². The molecule has 2 aromatic heterocycles. The number of hydrogen-bond acceptors (Lipinski definition) is 3. The molecule has 0 aliphatic heterocycles. The fraction of sp³-hybridized carbons (Fsp3) is 0.269. The van der Waals surface area contributed by atoms with E-state index in [4.69, 9.17) is 4.98 Å². The molecule has 1 N–H and O–H groups in total. The first-order valence-corrected chi connectivity index (χ1v) is 10.8. The first-order valence-electron chi connectivity index (χ1n) is 10.8. The lowest BCUT2D eigenvalue weighted by atomic mass is 10.0. The highest BCUT2D eigenvalue weighted by Crippen LogP contribution is 2.29. The number of carbonyl (C=O) groups excluding carboxylic acids is 1. The van der Waals surface area contributed by atoms with Crippen LogP contribution in [-0.2, 0) is 11.2 Å². The van der Waals surface area contributed by atoms with Gasteiger partial charge in [-0.3, -0.25) is 4.79 Å². The lowest BCUT2D eigenvalue weighted by Crippen LogP contribution is -2.27. The molecule has 2 heterocycles. The van der Waals surface area contributed by atoms with Crippen molar-refractivity contribution in [2.75, 3.05) is 0 Å². The maximum atomic E-state index is 13.4. The second-order valence-corrected chi connectivity index (χ2v) is 8.16. The number of rotatable bonds is 6. The highest BCUT2D eigenvalue weighted by molar-refractivity contribution is 5.80. The average molecular weight is 431 g/mol. The van der Waals surface area contributed by atoms with E-state index >= 15 is 0 Å². The Kier molecular flexibility index (Phi) is 6.04. The minimum absolute atomic E-state index is 0.00361. The van der Waals surface area contributed by atoms with E-state index in [0.717, 1.165) is 45.0 Å². The molecule has 0 fully saturated rings. The highest BCUT2D eigenvalue weighted by atomic mass is 19.1. The fourth-order valence-electron chi connectivity index (χ4n) is 4.16. The number of fused-ring (bicyclic) bond motifs is 1. The molecule has 4 aromatic rings. The SMILES string of the molecule is Cc1nc2c(-c3ccc(F)cc3)c(C)nn2c(C)c1CCC(=O)NC(C)c1ccccc1. The van der Waals surface area contributed by atoms with Crippen LogP contribution in [0.15, 0.2) is 54.6 Å². The zero-order chi connectivity index (χ0) is 22.8. The van der Waals surface area contributed by atoms with E-state index in [1.807, 2.05) is 62.5 Å². The molecule has 0 saturated carbocycles. The summed E-state index contributed by atoms with van der Waals surface area (Å²) in [6.07, 6.45) is 0.954. The molecule has 0 saturated heterocycles. The summed E-state index contributed by atoms with van der Waals surface area (Å²) in [4.78, 5) is 17.4. The van der Waals surface area contributed by atoms with Crippen LogP contribution in [0.2, 0.25) is 0 Å². The Balaban J connectivity index is 1.56. The Morgan fingerprint density at radius 1 is 1.03 bits per heavy atom. The maximum absolute atomic E-state index is 13.4. The van der Waals surface area contributed by atoms with E-state index in [2.05, 4.69) is 10.4 Å². The molecule has 32 heavy (non-hydrogen) atoms. The van der Waals surface area contributed by atoms with Crippen LogP contribution >= 0.6 is 0 Å². The average Bonchev–Trinajstić information content (AvgIpc) is 3.10. The smallest absolute Gasteiger partial charge is 0.220 e. The molecule has 0 bridgehead atoms. The van der Waals surface area contributed by atoms with Crippen molar-refractivity contribution < 1.29 is 9.18 Å². The summed E-state index contributed by atoms with van der Waals surface area (Å²) < 4.78 is 15.2. The molecule has 0 aliphatic carbocycles. The van der Waals surface area contributed by atoms with Crippen LogP contribution in [0.1, 0.15) is 47.6 Å². The molecule has 1 amide bonds. The second-order valence-electron chi connectivity index (χ2n) is 8.16. The van der Waals surface area contributed by atoms with Gasteiger partial charge in [-0.25, -0.2) is 13.9 Å². The van der Waals surface area contributed by atoms with Crippen molar-refractivity contribution in [3.63, 3.8) is 0 Å². The summed E-state index contributed by atoms with van der Waals surface area (Å²) in [5.74, 6) is -0.269. The largest absolute Gasteiger partial charge is 0.350 e. The molecular formula is C26H27FN4O. The molecule has 1 atom stereocenters. The number of nitrogens with one attached hydrogen (secondary N) is 1. The van der Waals surface area contributed by atoms with Gasteiger partial charge in [-0.15, -0.1) is 0 Å². The van der Waals surface area contributed by atoms with Crippen LogP contribution in [0.3, 0.4) is 0 Å². The van der Waals surface area contributed by atoms with Crippen molar-refractivity contribution >= 4 is 11.6 Å². The van der Waals surface area contributed by atoms with Crippen LogP contribution in [0.5, 0.6) is 0 Å². The normalized spacial score (nSPS) is 12.2. The predicted molar refractivity (Wildman–Crippen MR) is 124 cm³/mol. The molecule has 6 heteroatoms.